The van der Waals surface area contributed by atoms with Crippen LogP contribution in [0, 0.1) is 5.92 Å². The minimum absolute atomic E-state index is 0.523. The van der Waals surface area contributed by atoms with Crippen LogP contribution in [-0.2, 0) is 0 Å². The van der Waals surface area contributed by atoms with E-state index < -0.39 is 0 Å². The number of hydrogen-bond acceptors (Lipinski definition) is 4. The zero-order valence-corrected chi connectivity index (χ0v) is 10.7. The molecule has 0 amide bonds. The molecular weight excluding hydrogens is 238 g/mol. The van der Waals surface area contributed by atoms with Gasteiger partial charge in [0, 0.05) is 12.7 Å². The van der Waals surface area contributed by atoms with Crippen molar-refractivity contribution >= 4 is 23.2 Å². The number of rotatable bonds is 5. The van der Waals surface area contributed by atoms with Crippen molar-refractivity contribution in [1.82, 2.24) is 19.9 Å². The van der Waals surface area contributed by atoms with Crippen LogP contribution in [0.1, 0.15) is 6.92 Å². The summed E-state index contributed by atoms with van der Waals surface area (Å²) in [5.41, 5.74) is 0.790. The maximum absolute atomic E-state index is 5.88. The molecule has 1 unspecified atom stereocenters. The van der Waals surface area contributed by atoms with Gasteiger partial charge in [0.1, 0.15) is 0 Å². The Hall–Kier alpha value is -1.33. The second-order valence-electron chi connectivity index (χ2n) is 4.13. The number of halogens is 1. The van der Waals surface area contributed by atoms with E-state index in [4.69, 9.17) is 11.6 Å². The Labute approximate surface area is 105 Å². The van der Waals surface area contributed by atoms with Crippen molar-refractivity contribution in [2.45, 2.75) is 6.92 Å². The number of anilines is 1. The average molecular weight is 254 g/mol. The van der Waals surface area contributed by atoms with Gasteiger partial charge in [-0.1, -0.05) is 18.5 Å². The summed E-state index contributed by atoms with van der Waals surface area (Å²) in [6.07, 6.45) is 1.74. The molecule has 0 aromatic carbocycles. The summed E-state index contributed by atoms with van der Waals surface area (Å²) < 4.78 is 1.67. The topological polar surface area (TPSA) is 54.2 Å². The highest BCUT2D eigenvalue weighted by Crippen LogP contribution is 2.11. The third-order valence-corrected chi connectivity index (χ3v) is 2.68. The summed E-state index contributed by atoms with van der Waals surface area (Å²) in [5.74, 6) is 1.16. The molecule has 0 spiro atoms. The molecule has 0 aliphatic rings. The first-order chi connectivity index (χ1) is 8.19. The van der Waals surface area contributed by atoms with E-state index in [1.165, 1.54) is 0 Å². The summed E-state index contributed by atoms with van der Waals surface area (Å²) in [6, 6.07) is 3.65. The van der Waals surface area contributed by atoms with Crippen molar-refractivity contribution in [3.63, 3.8) is 0 Å². The summed E-state index contributed by atoms with van der Waals surface area (Å²) in [4.78, 5) is 4.35. The van der Waals surface area contributed by atoms with Gasteiger partial charge in [0.25, 0.3) is 0 Å². The van der Waals surface area contributed by atoms with E-state index in [-0.39, 0.29) is 0 Å². The largest absolute Gasteiger partial charge is 0.353 e. The van der Waals surface area contributed by atoms with E-state index in [0.29, 0.717) is 16.9 Å². The number of nitrogens with one attached hydrogen (secondary N) is 2. The normalized spacial score (nSPS) is 12.9. The lowest BCUT2D eigenvalue weighted by Crippen LogP contribution is -2.23. The molecule has 0 aliphatic carbocycles. The van der Waals surface area contributed by atoms with Crippen LogP contribution in [0.5, 0.6) is 0 Å². The van der Waals surface area contributed by atoms with Gasteiger partial charge in [-0.05, 0) is 31.6 Å². The molecule has 17 heavy (non-hydrogen) atoms. The predicted molar refractivity (Wildman–Crippen MR) is 69.6 cm³/mol. The molecule has 2 rings (SSSR count). The highest BCUT2D eigenvalue weighted by molar-refractivity contribution is 6.30. The minimum Gasteiger partial charge on any atom is -0.353 e. The molecule has 0 radical (unpaired) electrons. The number of nitrogens with zero attached hydrogens (tertiary/aromatic N) is 3. The molecule has 2 heterocycles. The first kappa shape index (κ1) is 12.1. The van der Waals surface area contributed by atoms with Crippen molar-refractivity contribution < 1.29 is 0 Å². The van der Waals surface area contributed by atoms with Gasteiger partial charge in [0.05, 0.1) is 5.02 Å². The fourth-order valence-electron chi connectivity index (χ4n) is 1.62. The van der Waals surface area contributed by atoms with Crippen LogP contribution in [0.3, 0.4) is 0 Å². The molecule has 0 bridgehead atoms. The fourth-order valence-corrected chi connectivity index (χ4v) is 1.77. The first-order valence-electron chi connectivity index (χ1n) is 5.59. The van der Waals surface area contributed by atoms with Crippen molar-refractivity contribution in [2.24, 2.45) is 5.92 Å². The first-order valence-corrected chi connectivity index (χ1v) is 5.97. The molecule has 1 atom stereocenters. The predicted octanol–water partition coefficient (Wildman–Crippen LogP) is 1.65. The zero-order valence-electron chi connectivity index (χ0n) is 9.94. The Morgan fingerprint density at radius 1 is 1.41 bits per heavy atom. The quantitative estimate of drug-likeness (QED) is 0.851. The highest BCUT2D eigenvalue weighted by atomic mass is 35.5. The lowest BCUT2D eigenvalue weighted by atomic mass is 10.2. The lowest BCUT2D eigenvalue weighted by Gasteiger charge is -2.09. The molecular formula is C11H16ClN5. The molecule has 92 valence electrons. The lowest BCUT2D eigenvalue weighted by molar-refractivity contribution is 0.568. The summed E-state index contributed by atoms with van der Waals surface area (Å²) >= 11 is 5.88. The van der Waals surface area contributed by atoms with Gasteiger partial charge in [-0.15, -0.1) is 5.10 Å². The van der Waals surface area contributed by atoms with Gasteiger partial charge in [0.2, 0.25) is 5.95 Å². The van der Waals surface area contributed by atoms with Crippen LogP contribution in [0.15, 0.2) is 18.3 Å². The van der Waals surface area contributed by atoms with Gasteiger partial charge in [0.15, 0.2) is 5.65 Å². The van der Waals surface area contributed by atoms with Crippen LogP contribution in [0.25, 0.3) is 5.65 Å². The number of hydrogen-bond donors (Lipinski definition) is 2. The number of aromatic nitrogens is 3. The van der Waals surface area contributed by atoms with Crippen molar-refractivity contribution in [2.75, 3.05) is 25.5 Å². The van der Waals surface area contributed by atoms with Crippen LogP contribution in [0.2, 0.25) is 5.02 Å². The third kappa shape index (κ3) is 3.08. The summed E-state index contributed by atoms with van der Waals surface area (Å²) in [5, 5.41) is 11.3. The van der Waals surface area contributed by atoms with E-state index in [1.54, 1.807) is 16.8 Å². The number of fused-ring (bicyclic) bond motifs is 1. The Morgan fingerprint density at radius 3 is 3.00 bits per heavy atom. The smallest absolute Gasteiger partial charge is 0.243 e. The second-order valence-corrected chi connectivity index (χ2v) is 4.57. The van der Waals surface area contributed by atoms with Crippen LogP contribution >= 0.6 is 11.6 Å². The molecule has 2 N–H and O–H groups in total. The van der Waals surface area contributed by atoms with E-state index >= 15 is 0 Å². The number of pyridine rings is 1. The van der Waals surface area contributed by atoms with Crippen LogP contribution < -0.4 is 10.6 Å². The Kier molecular flexibility index (Phi) is 3.81. The highest BCUT2D eigenvalue weighted by Gasteiger charge is 2.05. The summed E-state index contributed by atoms with van der Waals surface area (Å²) in [7, 11) is 1.95. The standard InChI is InChI=1S/C11H16ClN5/c1-8(5-13-2)6-14-11-15-10-4-3-9(12)7-17(10)16-11/h3-4,7-8,13H,5-6H2,1-2H3,(H,14,16). The van der Waals surface area contributed by atoms with Gasteiger partial charge in [-0.2, -0.15) is 4.98 Å². The Morgan fingerprint density at radius 2 is 2.24 bits per heavy atom. The van der Waals surface area contributed by atoms with Gasteiger partial charge in [-0.25, -0.2) is 4.52 Å². The average Bonchev–Trinajstić information content (AvgIpc) is 2.68. The van der Waals surface area contributed by atoms with Crippen molar-refractivity contribution in [1.29, 1.82) is 0 Å². The Bertz CT molecular complexity index is 496. The molecule has 0 fully saturated rings. The maximum Gasteiger partial charge on any atom is 0.243 e. The molecule has 0 aliphatic heterocycles. The van der Waals surface area contributed by atoms with Crippen LogP contribution in [0.4, 0.5) is 5.95 Å². The van der Waals surface area contributed by atoms with E-state index in [2.05, 4.69) is 27.6 Å². The van der Waals surface area contributed by atoms with E-state index in [1.807, 2.05) is 13.1 Å². The van der Waals surface area contributed by atoms with Gasteiger partial charge < -0.3 is 10.6 Å². The summed E-state index contributed by atoms with van der Waals surface area (Å²) in [6.45, 7) is 3.97. The monoisotopic (exact) mass is 253 g/mol. The minimum atomic E-state index is 0.523. The van der Waals surface area contributed by atoms with Gasteiger partial charge >= 0.3 is 0 Å². The Balaban J connectivity index is 2.04. The zero-order chi connectivity index (χ0) is 12.3. The fraction of sp³-hybridized carbons (Fsp3) is 0.455. The molecule has 6 heteroatoms. The maximum atomic E-state index is 5.88. The molecule has 5 nitrogen and oxygen atoms in total. The van der Waals surface area contributed by atoms with E-state index in [9.17, 15) is 0 Å². The second kappa shape index (κ2) is 5.33. The van der Waals surface area contributed by atoms with Crippen molar-refractivity contribution in [3.05, 3.63) is 23.4 Å². The van der Waals surface area contributed by atoms with Gasteiger partial charge in [-0.3, -0.25) is 0 Å². The van der Waals surface area contributed by atoms with Crippen molar-refractivity contribution in [3.8, 4) is 0 Å². The SMILES string of the molecule is CNCC(C)CNc1nc2ccc(Cl)cn2n1. The molecule has 2 aromatic heterocycles. The third-order valence-electron chi connectivity index (χ3n) is 2.46. The molecule has 0 saturated heterocycles. The van der Waals surface area contributed by atoms with Crippen LogP contribution in [-0.4, -0.2) is 34.7 Å². The van der Waals surface area contributed by atoms with E-state index in [0.717, 1.165) is 18.7 Å². The molecule has 0 saturated carbocycles. The molecule has 2 aromatic rings.